The van der Waals surface area contributed by atoms with Gasteiger partial charge >= 0.3 is 43.7 Å². The van der Waals surface area contributed by atoms with Gasteiger partial charge in [0, 0.05) is 0 Å². The molecule has 0 saturated heterocycles. The Morgan fingerprint density at radius 2 is 2.00 bits per heavy atom. The molecule has 0 aromatic carbocycles. The predicted molar refractivity (Wildman–Crippen MR) is 34.6 cm³/mol. The molecule has 0 amide bonds. The molecular formula is C3H8CaO2S. The number of aliphatic carboxylic acids is 1. The third kappa shape index (κ3) is 7.08. The average molecular weight is 148 g/mol. The van der Waals surface area contributed by atoms with Crippen molar-refractivity contribution in [1.29, 1.82) is 0 Å². The van der Waals surface area contributed by atoms with Gasteiger partial charge in [-0.2, -0.15) is 12.6 Å². The molecule has 0 aromatic heterocycles. The zero-order valence-corrected chi connectivity index (χ0v) is 4.27. The van der Waals surface area contributed by atoms with Crippen LogP contribution >= 0.6 is 12.6 Å². The van der Waals surface area contributed by atoms with Gasteiger partial charge in [0.2, 0.25) is 0 Å². The summed E-state index contributed by atoms with van der Waals surface area (Å²) in [6.07, 6.45) is 0. The van der Waals surface area contributed by atoms with E-state index < -0.39 is 11.2 Å². The number of carboxylic acid groups (broad SMARTS) is 1. The van der Waals surface area contributed by atoms with Crippen molar-refractivity contribution in [2.24, 2.45) is 0 Å². The van der Waals surface area contributed by atoms with Crippen molar-refractivity contribution in [2.75, 3.05) is 0 Å². The van der Waals surface area contributed by atoms with Crippen molar-refractivity contribution in [3.8, 4) is 0 Å². The minimum atomic E-state index is -0.877. The molecule has 1 unspecified atom stereocenters. The fourth-order valence-corrected chi connectivity index (χ4v) is 0. The first-order valence-electron chi connectivity index (χ1n) is 1.55. The average Bonchev–Trinajstić information content (AvgIpc) is 1.36. The van der Waals surface area contributed by atoms with Crippen LogP contribution in [0.4, 0.5) is 0 Å². The zero-order chi connectivity index (χ0) is 5.15. The Balaban J connectivity index is 0. The molecule has 0 fully saturated rings. The molecule has 0 aliphatic heterocycles. The van der Waals surface area contributed by atoms with E-state index in [9.17, 15) is 4.79 Å². The Kier molecular flexibility index (Phi) is 8.17. The van der Waals surface area contributed by atoms with Gasteiger partial charge in [-0.3, -0.25) is 4.79 Å². The maximum absolute atomic E-state index is 9.62. The summed E-state index contributed by atoms with van der Waals surface area (Å²) in [6, 6.07) is 0. The summed E-state index contributed by atoms with van der Waals surface area (Å²) >= 11 is 3.59. The Morgan fingerprint density at radius 1 is 1.86 bits per heavy atom. The Hall–Kier alpha value is 1.08. The van der Waals surface area contributed by atoms with Crippen LogP contribution in [-0.4, -0.2) is 54.1 Å². The van der Waals surface area contributed by atoms with Crippen molar-refractivity contribution < 1.29 is 9.90 Å². The molecule has 0 aliphatic rings. The van der Waals surface area contributed by atoms with E-state index in [1.54, 1.807) is 0 Å². The summed E-state index contributed by atoms with van der Waals surface area (Å²) in [5.74, 6) is -0.877. The van der Waals surface area contributed by atoms with Crippen molar-refractivity contribution in [3.63, 3.8) is 0 Å². The van der Waals surface area contributed by atoms with Gasteiger partial charge < -0.3 is 5.11 Å². The molecule has 0 spiro atoms. The molecule has 1 atom stereocenters. The van der Waals surface area contributed by atoms with E-state index in [-0.39, 0.29) is 37.7 Å². The Bertz CT molecular complexity index is 64.0. The van der Waals surface area contributed by atoms with Gasteiger partial charge in [0.05, 0.1) is 5.25 Å². The van der Waals surface area contributed by atoms with Crippen LogP contribution in [0, 0.1) is 0 Å². The molecule has 2 nitrogen and oxygen atoms in total. The minimum absolute atomic E-state index is 0. The zero-order valence-electron chi connectivity index (χ0n) is 3.38. The van der Waals surface area contributed by atoms with Crippen molar-refractivity contribution in [3.05, 3.63) is 0 Å². The first kappa shape index (κ1) is 11.0. The molecular weight excluding hydrogens is 140 g/mol. The first-order valence-corrected chi connectivity index (χ1v) is 2.07. The molecule has 40 valence electrons. The third-order valence-electron chi connectivity index (χ3n) is 0.357. The third-order valence-corrected chi connectivity index (χ3v) is 0.578. The van der Waals surface area contributed by atoms with Gasteiger partial charge in [-0.1, -0.05) is 0 Å². The SMILES string of the molecule is CC(S)C(=O)O.[CaH2]. The van der Waals surface area contributed by atoms with Crippen LogP contribution in [-0.2, 0) is 4.79 Å². The first-order chi connectivity index (χ1) is 2.64. The molecule has 0 bridgehead atoms. The van der Waals surface area contributed by atoms with E-state index in [1.807, 2.05) is 0 Å². The van der Waals surface area contributed by atoms with Gasteiger partial charge in [0.25, 0.3) is 0 Å². The second-order valence-electron chi connectivity index (χ2n) is 1.01. The second kappa shape index (κ2) is 5.22. The van der Waals surface area contributed by atoms with Crippen LogP contribution in [0.5, 0.6) is 0 Å². The van der Waals surface area contributed by atoms with Gasteiger partial charge in [-0.15, -0.1) is 0 Å². The van der Waals surface area contributed by atoms with Crippen molar-refractivity contribution >= 4 is 56.3 Å². The fraction of sp³-hybridized carbons (Fsp3) is 0.667. The number of carbonyl (C=O) groups is 1. The van der Waals surface area contributed by atoms with Crippen molar-refractivity contribution in [2.45, 2.75) is 12.2 Å². The van der Waals surface area contributed by atoms with Crippen LogP contribution in [0.2, 0.25) is 0 Å². The predicted octanol–water partition coefficient (Wildman–Crippen LogP) is -0.527. The molecule has 0 radical (unpaired) electrons. The Morgan fingerprint density at radius 3 is 2.00 bits per heavy atom. The Labute approximate surface area is 77.7 Å². The summed E-state index contributed by atoms with van der Waals surface area (Å²) in [7, 11) is 0. The molecule has 0 aromatic rings. The summed E-state index contributed by atoms with van der Waals surface area (Å²) in [5.41, 5.74) is 0. The summed E-state index contributed by atoms with van der Waals surface area (Å²) < 4.78 is 0. The van der Waals surface area contributed by atoms with Crippen LogP contribution in [0.1, 0.15) is 6.92 Å². The van der Waals surface area contributed by atoms with Crippen LogP contribution in [0.25, 0.3) is 0 Å². The van der Waals surface area contributed by atoms with Crippen LogP contribution in [0.3, 0.4) is 0 Å². The van der Waals surface area contributed by atoms with E-state index in [1.165, 1.54) is 6.92 Å². The topological polar surface area (TPSA) is 37.3 Å². The number of thiol groups is 1. The summed E-state index contributed by atoms with van der Waals surface area (Å²) in [6.45, 7) is 1.51. The van der Waals surface area contributed by atoms with Gasteiger partial charge in [-0.25, -0.2) is 0 Å². The molecule has 0 saturated carbocycles. The monoisotopic (exact) mass is 148 g/mol. The van der Waals surface area contributed by atoms with Crippen LogP contribution in [0.15, 0.2) is 0 Å². The maximum atomic E-state index is 9.62. The normalized spacial score (nSPS) is 11.7. The second-order valence-corrected chi connectivity index (χ2v) is 1.79. The summed E-state index contributed by atoms with van der Waals surface area (Å²) in [5, 5.41) is 7.38. The quantitative estimate of drug-likeness (QED) is 0.387. The summed E-state index contributed by atoms with van der Waals surface area (Å²) in [4.78, 5) is 9.62. The van der Waals surface area contributed by atoms with E-state index in [0.29, 0.717) is 0 Å². The van der Waals surface area contributed by atoms with Crippen LogP contribution < -0.4 is 0 Å². The molecule has 1 N–H and O–H groups in total. The van der Waals surface area contributed by atoms with Gasteiger partial charge in [0.15, 0.2) is 0 Å². The van der Waals surface area contributed by atoms with E-state index in [0.717, 1.165) is 0 Å². The van der Waals surface area contributed by atoms with Gasteiger partial charge in [-0.05, 0) is 6.92 Å². The molecule has 0 rings (SSSR count). The fourth-order valence-electron chi connectivity index (χ4n) is 0. The molecule has 0 heterocycles. The van der Waals surface area contributed by atoms with E-state index >= 15 is 0 Å². The van der Waals surface area contributed by atoms with E-state index in [4.69, 9.17) is 5.11 Å². The number of rotatable bonds is 1. The standard InChI is InChI=1S/C3H6O2S.Ca.2H/c1-2(6)3(4)5;;;/h2,6H,1H3,(H,4,5);;;. The molecule has 7 heavy (non-hydrogen) atoms. The van der Waals surface area contributed by atoms with Crippen molar-refractivity contribution in [1.82, 2.24) is 0 Å². The molecule has 0 aliphatic carbocycles. The number of hydrogen-bond donors (Lipinski definition) is 2. The van der Waals surface area contributed by atoms with Gasteiger partial charge in [0.1, 0.15) is 0 Å². The number of carboxylic acids is 1. The number of hydrogen-bond acceptors (Lipinski definition) is 2. The molecule has 4 heteroatoms. The van der Waals surface area contributed by atoms with E-state index in [2.05, 4.69) is 12.6 Å².